The molecule has 1 atom stereocenters. The van der Waals surface area contributed by atoms with Gasteiger partial charge in [0.1, 0.15) is 0 Å². The maximum atomic E-state index is 12.0. The fourth-order valence-electron chi connectivity index (χ4n) is 2.78. The van der Waals surface area contributed by atoms with Crippen LogP contribution >= 0.6 is 0 Å². The molecule has 1 saturated heterocycles. The van der Waals surface area contributed by atoms with Gasteiger partial charge in [-0.25, -0.2) is 0 Å². The smallest absolute Gasteiger partial charge is 0.291 e. The highest BCUT2D eigenvalue weighted by molar-refractivity contribution is 6.02. The van der Waals surface area contributed by atoms with Gasteiger partial charge in [0.05, 0.1) is 12.4 Å². The molecule has 2 heterocycles. The van der Waals surface area contributed by atoms with E-state index in [0.717, 1.165) is 37.5 Å². The Labute approximate surface area is 152 Å². The average Bonchev–Trinajstić information content (AvgIpc) is 3.36. The number of furan rings is 1. The van der Waals surface area contributed by atoms with Crippen LogP contribution in [0.4, 0.5) is 5.69 Å². The quantitative estimate of drug-likeness (QED) is 0.546. The van der Waals surface area contributed by atoms with Crippen molar-refractivity contribution in [3.63, 3.8) is 0 Å². The van der Waals surface area contributed by atoms with E-state index in [1.807, 2.05) is 24.3 Å². The molecular weight excluding hydrogens is 332 g/mol. The van der Waals surface area contributed by atoms with Crippen molar-refractivity contribution < 1.29 is 13.9 Å². The van der Waals surface area contributed by atoms with Crippen LogP contribution in [0.15, 0.2) is 52.1 Å². The number of ether oxygens (including phenoxy) is 1. The van der Waals surface area contributed by atoms with Gasteiger partial charge in [0, 0.05) is 32.4 Å². The van der Waals surface area contributed by atoms with Crippen LogP contribution in [0, 0.1) is 0 Å². The number of rotatable bonds is 6. The van der Waals surface area contributed by atoms with E-state index in [0.29, 0.717) is 12.2 Å². The van der Waals surface area contributed by atoms with E-state index < -0.39 is 0 Å². The topological polar surface area (TPSA) is 87.9 Å². The molecule has 1 aromatic heterocycles. The van der Waals surface area contributed by atoms with E-state index in [2.05, 4.69) is 20.9 Å². The van der Waals surface area contributed by atoms with E-state index >= 15 is 0 Å². The molecule has 0 radical (unpaired) electrons. The highest BCUT2D eigenvalue weighted by Gasteiger charge is 2.15. The summed E-state index contributed by atoms with van der Waals surface area (Å²) in [6.45, 7) is 2.18. The predicted molar refractivity (Wildman–Crippen MR) is 100 cm³/mol. The van der Waals surface area contributed by atoms with Gasteiger partial charge in [-0.05, 0) is 42.7 Å². The van der Waals surface area contributed by atoms with Gasteiger partial charge in [-0.1, -0.05) is 12.1 Å². The minimum Gasteiger partial charge on any atom is -0.459 e. The lowest BCUT2D eigenvalue weighted by molar-refractivity contribution is 0.0996. The van der Waals surface area contributed by atoms with Crippen LogP contribution in [0.1, 0.15) is 29.0 Å². The van der Waals surface area contributed by atoms with Crippen molar-refractivity contribution in [2.24, 2.45) is 4.99 Å². The largest absolute Gasteiger partial charge is 0.459 e. The Morgan fingerprint density at radius 1 is 1.27 bits per heavy atom. The first-order valence-corrected chi connectivity index (χ1v) is 8.74. The summed E-state index contributed by atoms with van der Waals surface area (Å²) >= 11 is 0. The van der Waals surface area contributed by atoms with Crippen molar-refractivity contribution in [1.82, 2.24) is 10.6 Å². The summed E-state index contributed by atoms with van der Waals surface area (Å²) in [4.78, 5) is 16.3. The Bertz CT molecular complexity index is 737. The number of nitrogens with zero attached hydrogens (tertiary/aromatic N) is 1. The molecule has 7 nitrogen and oxygen atoms in total. The van der Waals surface area contributed by atoms with Gasteiger partial charge < -0.3 is 25.1 Å². The Hall–Kier alpha value is -2.80. The first-order valence-electron chi connectivity index (χ1n) is 8.74. The number of benzene rings is 1. The zero-order valence-electron chi connectivity index (χ0n) is 14.8. The molecule has 0 saturated carbocycles. The van der Waals surface area contributed by atoms with Crippen LogP contribution in [-0.2, 0) is 11.3 Å². The normalized spacial score (nSPS) is 17.1. The number of hydrogen-bond acceptors (Lipinski definition) is 4. The summed E-state index contributed by atoms with van der Waals surface area (Å²) in [6.07, 6.45) is 3.94. The second kappa shape index (κ2) is 9.05. The number of nitrogens with one attached hydrogen (secondary N) is 3. The van der Waals surface area contributed by atoms with Crippen LogP contribution in [-0.4, -0.2) is 38.2 Å². The van der Waals surface area contributed by atoms with Crippen LogP contribution in [0.25, 0.3) is 0 Å². The number of guanidine groups is 1. The Morgan fingerprint density at radius 3 is 2.92 bits per heavy atom. The Morgan fingerprint density at radius 2 is 2.19 bits per heavy atom. The maximum Gasteiger partial charge on any atom is 0.291 e. The standard InChI is InChI=1S/C19H24N4O3/c1-20-19(22-13-16-7-3-9-25-16)21-12-14-5-2-6-15(11-14)23-18(24)17-8-4-10-26-17/h2,4-6,8,10-11,16H,3,7,9,12-13H2,1H3,(H,23,24)(H2,20,21,22). The van der Waals surface area contributed by atoms with Crippen molar-refractivity contribution in [3.8, 4) is 0 Å². The predicted octanol–water partition coefficient (Wildman–Crippen LogP) is 2.38. The lowest BCUT2D eigenvalue weighted by atomic mass is 10.2. The molecule has 0 bridgehead atoms. The summed E-state index contributed by atoms with van der Waals surface area (Å²) in [5, 5.41) is 9.37. The highest BCUT2D eigenvalue weighted by Crippen LogP contribution is 2.13. The monoisotopic (exact) mass is 356 g/mol. The second-order valence-corrected chi connectivity index (χ2v) is 6.07. The first-order chi connectivity index (χ1) is 12.7. The van der Waals surface area contributed by atoms with Crippen molar-refractivity contribution in [2.45, 2.75) is 25.5 Å². The molecular formula is C19H24N4O3. The van der Waals surface area contributed by atoms with Crippen molar-refractivity contribution in [1.29, 1.82) is 0 Å². The van der Waals surface area contributed by atoms with E-state index in [1.54, 1.807) is 19.2 Å². The first kappa shape index (κ1) is 18.0. The van der Waals surface area contributed by atoms with Gasteiger partial charge in [-0.2, -0.15) is 0 Å². The SMILES string of the molecule is CN=C(NCc1cccc(NC(=O)c2ccco2)c1)NCC1CCCO1. The molecule has 1 aromatic carbocycles. The summed E-state index contributed by atoms with van der Waals surface area (Å²) in [7, 11) is 1.74. The molecule has 1 amide bonds. The van der Waals surface area contributed by atoms with Crippen LogP contribution in [0.2, 0.25) is 0 Å². The van der Waals surface area contributed by atoms with Crippen LogP contribution in [0.5, 0.6) is 0 Å². The van der Waals surface area contributed by atoms with Crippen molar-refractivity contribution in [3.05, 3.63) is 54.0 Å². The van der Waals surface area contributed by atoms with E-state index in [1.165, 1.54) is 6.26 Å². The Balaban J connectivity index is 1.50. The molecule has 7 heteroatoms. The van der Waals surface area contributed by atoms with E-state index in [-0.39, 0.29) is 17.8 Å². The number of hydrogen-bond donors (Lipinski definition) is 3. The molecule has 1 fully saturated rings. The number of carbonyl (C=O) groups excluding carboxylic acids is 1. The van der Waals surface area contributed by atoms with Gasteiger partial charge >= 0.3 is 0 Å². The number of amides is 1. The zero-order chi connectivity index (χ0) is 18.2. The van der Waals surface area contributed by atoms with Crippen LogP contribution in [0.3, 0.4) is 0 Å². The molecule has 1 aliphatic rings. The summed E-state index contributed by atoms with van der Waals surface area (Å²) in [5.41, 5.74) is 1.75. The van der Waals surface area contributed by atoms with Crippen molar-refractivity contribution >= 4 is 17.6 Å². The molecule has 26 heavy (non-hydrogen) atoms. The van der Waals surface area contributed by atoms with Gasteiger partial charge in [0.2, 0.25) is 0 Å². The van der Waals surface area contributed by atoms with Gasteiger partial charge in [-0.15, -0.1) is 0 Å². The third-order valence-corrected chi connectivity index (χ3v) is 4.13. The van der Waals surface area contributed by atoms with Gasteiger partial charge in [0.15, 0.2) is 11.7 Å². The minimum atomic E-state index is -0.269. The van der Waals surface area contributed by atoms with Gasteiger partial charge in [0.25, 0.3) is 5.91 Å². The third kappa shape index (κ3) is 5.10. The molecule has 1 unspecified atom stereocenters. The molecule has 138 valence electrons. The fraction of sp³-hybridized carbons (Fsp3) is 0.368. The lowest BCUT2D eigenvalue weighted by Crippen LogP contribution is -2.40. The van der Waals surface area contributed by atoms with Crippen molar-refractivity contribution in [2.75, 3.05) is 25.5 Å². The number of aliphatic imine (C=N–C) groups is 1. The molecule has 2 aromatic rings. The van der Waals surface area contributed by atoms with Gasteiger partial charge in [-0.3, -0.25) is 9.79 Å². The number of anilines is 1. The van der Waals surface area contributed by atoms with Crippen LogP contribution < -0.4 is 16.0 Å². The second-order valence-electron chi connectivity index (χ2n) is 6.07. The molecule has 3 rings (SSSR count). The molecule has 0 aliphatic carbocycles. The third-order valence-electron chi connectivity index (χ3n) is 4.13. The van der Waals surface area contributed by atoms with E-state index in [4.69, 9.17) is 9.15 Å². The molecule has 1 aliphatic heterocycles. The fourth-order valence-corrected chi connectivity index (χ4v) is 2.78. The lowest BCUT2D eigenvalue weighted by Gasteiger charge is -2.15. The Kier molecular flexibility index (Phi) is 6.27. The highest BCUT2D eigenvalue weighted by atomic mass is 16.5. The van der Waals surface area contributed by atoms with E-state index in [9.17, 15) is 4.79 Å². The summed E-state index contributed by atoms with van der Waals surface area (Å²) in [6, 6.07) is 11.0. The zero-order valence-corrected chi connectivity index (χ0v) is 14.8. The molecule has 3 N–H and O–H groups in total. The minimum absolute atomic E-state index is 0.258. The maximum absolute atomic E-state index is 12.0. The average molecular weight is 356 g/mol. The number of carbonyl (C=O) groups is 1. The summed E-state index contributed by atoms with van der Waals surface area (Å²) in [5.74, 6) is 0.743. The molecule has 0 spiro atoms. The summed E-state index contributed by atoms with van der Waals surface area (Å²) < 4.78 is 10.7.